The van der Waals surface area contributed by atoms with Crippen LogP contribution in [0.1, 0.15) is 52.6 Å². The minimum atomic E-state index is -4.53. The first-order valence-corrected chi connectivity index (χ1v) is 11.2. The third-order valence-corrected chi connectivity index (χ3v) is 8.16. The first-order chi connectivity index (χ1) is 13.5. The van der Waals surface area contributed by atoms with Crippen molar-refractivity contribution < 1.29 is 13.2 Å². The smallest absolute Gasteiger partial charge is 0.292 e. The van der Waals surface area contributed by atoms with E-state index in [1.54, 1.807) is 18.4 Å². The fraction of sp³-hybridized carbons (Fsp3) is 0.476. The van der Waals surface area contributed by atoms with Gasteiger partial charge in [0.15, 0.2) is 0 Å². The Morgan fingerprint density at radius 3 is 2.14 bits per heavy atom. The zero-order chi connectivity index (χ0) is 21.6. The molecule has 1 aliphatic carbocycles. The van der Waals surface area contributed by atoms with Gasteiger partial charge < -0.3 is 0 Å². The van der Waals surface area contributed by atoms with Gasteiger partial charge in [-0.3, -0.25) is 4.99 Å². The fourth-order valence-electron chi connectivity index (χ4n) is 3.89. The van der Waals surface area contributed by atoms with Gasteiger partial charge in [-0.25, -0.2) is 0 Å². The van der Waals surface area contributed by atoms with Crippen molar-refractivity contribution in [2.45, 2.75) is 57.5 Å². The molecule has 3 rings (SSSR count). The Kier molecular flexibility index (Phi) is 6.65. The number of halogens is 6. The van der Waals surface area contributed by atoms with Crippen LogP contribution in [0.15, 0.2) is 17.1 Å². The molecule has 0 saturated carbocycles. The number of benzene rings is 1. The summed E-state index contributed by atoms with van der Waals surface area (Å²) in [4.78, 5) is 6.35. The van der Waals surface area contributed by atoms with Crippen molar-refractivity contribution in [1.82, 2.24) is 0 Å². The van der Waals surface area contributed by atoms with Gasteiger partial charge in [-0.15, -0.1) is 11.3 Å². The average molecular weight is 483 g/mol. The Balaban J connectivity index is 2.10. The normalized spacial score (nSPS) is 17.2. The van der Waals surface area contributed by atoms with E-state index in [1.807, 2.05) is 6.92 Å². The third kappa shape index (κ3) is 4.21. The summed E-state index contributed by atoms with van der Waals surface area (Å²) in [6.45, 7) is 3.20. The molecule has 0 N–H and O–H groups in total. The molecule has 1 aromatic heterocycles. The quantitative estimate of drug-likeness (QED) is 0.307. The lowest BCUT2D eigenvalue weighted by Crippen LogP contribution is -2.41. The van der Waals surface area contributed by atoms with Crippen LogP contribution >= 0.6 is 46.1 Å². The zero-order valence-electron chi connectivity index (χ0n) is 16.3. The molecule has 0 saturated heterocycles. The maximum atomic E-state index is 14.3. The van der Waals surface area contributed by atoms with E-state index in [-0.39, 0.29) is 27.1 Å². The Bertz CT molecular complexity index is 942. The highest BCUT2D eigenvalue weighted by atomic mass is 35.5. The van der Waals surface area contributed by atoms with Crippen molar-refractivity contribution in [3.63, 3.8) is 0 Å². The number of fused-ring (bicyclic) bond motifs is 1. The number of hydrogen-bond acceptors (Lipinski definition) is 2. The number of rotatable bonds is 4. The molecule has 1 atom stereocenters. The largest absolute Gasteiger partial charge is 0.398 e. The van der Waals surface area contributed by atoms with Crippen molar-refractivity contribution in [2.75, 3.05) is 7.05 Å². The second-order valence-electron chi connectivity index (χ2n) is 7.58. The minimum Gasteiger partial charge on any atom is -0.292 e. The second-order valence-corrected chi connectivity index (χ2v) is 10.00. The van der Waals surface area contributed by atoms with Gasteiger partial charge in [0.1, 0.15) is 0 Å². The summed E-state index contributed by atoms with van der Waals surface area (Å²) in [6, 6.07) is 2.51. The lowest BCUT2D eigenvalue weighted by Gasteiger charge is -2.33. The summed E-state index contributed by atoms with van der Waals surface area (Å²) in [5.41, 5.74) is 0.676. The maximum absolute atomic E-state index is 14.3. The molecule has 0 aliphatic heterocycles. The van der Waals surface area contributed by atoms with Crippen LogP contribution in [0.5, 0.6) is 0 Å². The van der Waals surface area contributed by atoms with Gasteiger partial charge in [0, 0.05) is 18.3 Å². The topological polar surface area (TPSA) is 12.4 Å². The minimum absolute atomic E-state index is 0.00368. The summed E-state index contributed by atoms with van der Waals surface area (Å²) in [5.74, 6) is 0. The van der Waals surface area contributed by atoms with E-state index >= 15 is 0 Å². The number of aryl methyl sites for hydroxylation is 1. The molecule has 1 aliphatic rings. The molecular formula is C21H21Cl3F3NS. The van der Waals surface area contributed by atoms with Crippen LogP contribution in [0.3, 0.4) is 0 Å². The van der Waals surface area contributed by atoms with E-state index in [1.165, 1.54) is 29.5 Å². The Morgan fingerprint density at radius 2 is 1.62 bits per heavy atom. The average Bonchev–Trinajstić information content (AvgIpc) is 2.99. The summed E-state index contributed by atoms with van der Waals surface area (Å²) in [5, 5.41) is 0.0573. The number of nitrogens with zero attached hydrogens (tertiary/aromatic N) is 1. The molecule has 0 fully saturated rings. The molecule has 8 heteroatoms. The molecule has 1 unspecified atom stereocenters. The van der Waals surface area contributed by atoms with Crippen LogP contribution in [-0.2, 0) is 18.3 Å². The van der Waals surface area contributed by atoms with Crippen LogP contribution in [-0.4, -0.2) is 18.9 Å². The number of aliphatic imine (C=N–C) groups is 1. The van der Waals surface area contributed by atoms with Crippen molar-refractivity contribution in [3.8, 4) is 0 Å². The lowest BCUT2D eigenvalue weighted by atomic mass is 9.76. The van der Waals surface area contributed by atoms with Crippen LogP contribution in [0.25, 0.3) is 0 Å². The van der Waals surface area contributed by atoms with E-state index in [4.69, 9.17) is 34.8 Å². The summed E-state index contributed by atoms with van der Waals surface area (Å²) in [6.07, 6.45) is -0.802. The lowest BCUT2D eigenvalue weighted by molar-refractivity contribution is -0.183. The molecule has 158 valence electrons. The van der Waals surface area contributed by atoms with E-state index in [0.717, 1.165) is 36.1 Å². The van der Waals surface area contributed by atoms with Crippen LogP contribution < -0.4 is 0 Å². The molecule has 1 aromatic carbocycles. The van der Waals surface area contributed by atoms with E-state index in [0.29, 0.717) is 5.71 Å². The fourth-order valence-corrected chi connectivity index (χ4v) is 5.77. The van der Waals surface area contributed by atoms with Gasteiger partial charge in [0.05, 0.1) is 31.1 Å². The monoisotopic (exact) mass is 481 g/mol. The molecule has 0 radical (unpaired) electrons. The van der Waals surface area contributed by atoms with Crippen LogP contribution in [0, 0.1) is 6.92 Å². The first-order valence-electron chi connectivity index (χ1n) is 9.28. The molecule has 2 aromatic rings. The summed E-state index contributed by atoms with van der Waals surface area (Å²) in [7, 11) is 1.55. The van der Waals surface area contributed by atoms with Gasteiger partial charge in [-0.05, 0) is 68.4 Å². The standard InChI is InChI=1S/C21H21Cl3F3NS/c1-11-13-6-4-5-7-14(13)19(29-11)17(28-3)10-20(2,21(25,26)27)12-8-15(22)18(24)16(23)9-12/h8-9H,4-7,10H2,1-3H3. The number of thiophene rings is 1. The van der Waals surface area contributed by atoms with Crippen molar-refractivity contribution in [1.29, 1.82) is 0 Å². The molecule has 0 bridgehead atoms. The van der Waals surface area contributed by atoms with Gasteiger partial charge >= 0.3 is 6.18 Å². The predicted octanol–water partition coefficient (Wildman–Crippen LogP) is 8.22. The molecule has 0 amide bonds. The van der Waals surface area contributed by atoms with Gasteiger partial charge in [-0.1, -0.05) is 34.8 Å². The molecule has 0 spiro atoms. The number of hydrogen-bond donors (Lipinski definition) is 0. The van der Waals surface area contributed by atoms with E-state index < -0.39 is 11.6 Å². The van der Waals surface area contributed by atoms with Crippen LogP contribution in [0.4, 0.5) is 13.2 Å². The molecule has 29 heavy (non-hydrogen) atoms. The third-order valence-electron chi connectivity index (χ3n) is 5.72. The second kappa shape index (κ2) is 8.41. The summed E-state index contributed by atoms with van der Waals surface area (Å²) >= 11 is 19.6. The molecule has 1 nitrogen and oxygen atoms in total. The molecule has 1 heterocycles. The number of alkyl halides is 3. The highest BCUT2D eigenvalue weighted by Gasteiger charge is 2.53. The Hall–Kier alpha value is -0.750. The van der Waals surface area contributed by atoms with E-state index in [2.05, 4.69) is 4.99 Å². The van der Waals surface area contributed by atoms with Gasteiger partial charge in [-0.2, -0.15) is 13.2 Å². The van der Waals surface area contributed by atoms with Crippen LogP contribution in [0.2, 0.25) is 15.1 Å². The first kappa shape index (κ1) is 22.9. The van der Waals surface area contributed by atoms with Crippen molar-refractivity contribution >= 4 is 51.9 Å². The highest BCUT2D eigenvalue weighted by molar-refractivity contribution is 7.14. The van der Waals surface area contributed by atoms with Gasteiger partial charge in [0.25, 0.3) is 0 Å². The Morgan fingerprint density at radius 1 is 1.07 bits per heavy atom. The molecular weight excluding hydrogens is 462 g/mol. The highest BCUT2D eigenvalue weighted by Crippen LogP contribution is 2.48. The Labute approximate surface area is 187 Å². The van der Waals surface area contributed by atoms with Gasteiger partial charge in [0.2, 0.25) is 0 Å². The van der Waals surface area contributed by atoms with Crippen molar-refractivity contribution in [3.05, 3.63) is 53.6 Å². The predicted molar refractivity (Wildman–Crippen MR) is 118 cm³/mol. The SMILES string of the molecule is CN=C(CC(C)(c1cc(Cl)c(Cl)c(Cl)c1)C(F)(F)F)c1sc(C)c2c1CCCC2. The maximum Gasteiger partial charge on any atom is 0.398 e. The van der Waals surface area contributed by atoms with E-state index in [9.17, 15) is 13.2 Å². The summed E-state index contributed by atoms with van der Waals surface area (Å²) < 4.78 is 43.0. The van der Waals surface area contributed by atoms with Crippen molar-refractivity contribution in [2.24, 2.45) is 4.99 Å². The zero-order valence-corrected chi connectivity index (χ0v) is 19.4.